The second kappa shape index (κ2) is 9.25. The smallest absolute Gasteiger partial charge is 0.319 e. The van der Waals surface area contributed by atoms with Crippen LogP contribution in [0.25, 0.3) is 0 Å². The highest BCUT2D eigenvalue weighted by Crippen LogP contribution is 2.32. The molecule has 1 aromatic carbocycles. The number of carbonyl (C=O) groups is 3. The third-order valence-corrected chi connectivity index (χ3v) is 6.58. The molecule has 10 heteroatoms. The van der Waals surface area contributed by atoms with E-state index < -0.39 is 28.4 Å². The molecule has 29 heavy (non-hydrogen) atoms. The van der Waals surface area contributed by atoms with Crippen molar-refractivity contribution in [3.63, 3.8) is 0 Å². The van der Waals surface area contributed by atoms with Crippen molar-refractivity contribution >= 4 is 33.4 Å². The monoisotopic (exact) mass is 423 g/mol. The number of amides is 3. The number of nitrogens with one attached hydrogen (secondary N) is 2. The summed E-state index contributed by atoms with van der Waals surface area (Å²) in [5.74, 6) is -0.903. The van der Waals surface area contributed by atoms with Crippen LogP contribution in [-0.4, -0.2) is 68.0 Å². The molecular formula is C19H25N3O6S. The standard InChI is InChI=1S/C19H25N3O6S/c23-17(22(15-6-7-15)16-9-11-29(26,27)13-16)12-28-18(24)8-10-20-19(25)21-14-4-2-1-3-5-14/h1-5,15-16H,6-13H2,(H2,20,21,25)/t16-/m0/s1. The lowest BCUT2D eigenvalue weighted by atomic mass is 10.2. The van der Waals surface area contributed by atoms with Crippen molar-refractivity contribution < 1.29 is 27.5 Å². The van der Waals surface area contributed by atoms with E-state index in [1.54, 1.807) is 29.2 Å². The molecule has 158 valence electrons. The number of esters is 1. The van der Waals surface area contributed by atoms with Gasteiger partial charge in [0.1, 0.15) is 0 Å². The van der Waals surface area contributed by atoms with Gasteiger partial charge >= 0.3 is 12.0 Å². The molecule has 1 atom stereocenters. The molecule has 2 N–H and O–H groups in total. The Morgan fingerprint density at radius 2 is 1.79 bits per heavy atom. The summed E-state index contributed by atoms with van der Waals surface area (Å²) in [4.78, 5) is 37.7. The summed E-state index contributed by atoms with van der Waals surface area (Å²) in [6.07, 6.45) is 2.04. The molecule has 0 spiro atoms. The van der Waals surface area contributed by atoms with E-state index in [9.17, 15) is 22.8 Å². The summed E-state index contributed by atoms with van der Waals surface area (Å²) in [6, 6.07) is 8.15. The molecule has 0 aromatic heterocycles. The normalized spacial score (nSPS) is 19.9. The van der Waals surface area contributed by atoms with Gasteiger partial charge in [-0.3, -0.25) is 9.59 Å². The SMILES string of the molecule is O=C(NCCC(=O)OCC(=O)N(C1CC1)[C@H]1CCS(=O)(=O)C1)Nc1ccccc1. The topological polar surface area (TPSA) is 122 Å². The van der Waals surface area contributed by atoms with Gasteiger partial charge in [-0.15, -0.1) is 0 Å². The Morgan fingerprint density at radius 1 is 1.07 bits per heavy atom. The number of urea groups is 1. The fourth-order valence-corrected chi connectivity index (χ4v) is 5.03. The summed E-state index contributed by atoms with van der Waals surface area (Å²) in [5, 5.41) is 5.17. The maximum Gasteiger partial charge on any atom is 0.319 e. The van der Waals surface area contributed by atoms with Crippen LogP contribution in [0.4, 0.5) is 10.5 Å². The molecule has 0 unspecified atom stereocenters. The van der Waals surface area contributed by atoms with Crippen molar-refractivity contribution in [3.8, 4) is 0 Å². The number of benzene rings is 1. The first-order chi connectivity index (χ1) is 13.8. The van der Waals surface area contributed by atoms with Crippen LogP contribution in [0.5, 0.6) is 0 Å². The highest BCUT2D eigenvalue weighted by molar-refractivity contribution is 7.91. The lowest BCUT2D eigenvalue weighted by molar-refractivity contribution is -0.153. The average molecular weight is 423 g/mol. The number of anilines is 1. The number of hydrogen-bond acceptors (Lipinski definition) is 6. The van der Waals surface area contributed by atoms with Crippen molar-refractivity contribution in [3.05, 3.63) is 30.3 Å². The van der Waals surface area contributed by atoms with Gasteiger partial charge < -0.3 is 20.3 Å². The van der Waals surface area contributed by atoms with Gasteiger partial charge in [0.2, 0.25) is 0 Å². The van der Waals surface area contributed by atoms with Crippen LogP contribution in [-0.2, 0) is 24.2 Å². The number of carbonyl (C=O) groups excluding carboxylic acids is 3. The van der Waals surface area contributed by atoms with E-state index in [4.69, 9.17) is 4.74 Å². The van der Waals surface area contributed by atoms with Crippen molar-refractivity contribution in [2.75, 3.05) is 30.0 Å². The molecule has 1 aromatic rings. The Morgan fingerprint density at radius 3 is 2.41 bits per heavy atom. The van der Waals surface area contributed by atoms with E-state index in [0.717, 1.165) is 12.8 Å². The molecule has 0 bridgehead atoms. The minimum atomic E-state index is -3.10. The molecule has 1 heterocycles. The Balaban J connectivity index is 1.37. The van der Waals surface area contributed by atoms with Crippen molar-refractivity contribution in [2.45, 2.75) is 37.8 Å². The van der Waals surface area contributed by atoms with Crippen LogP contribution in [0.2, 0.25) is 0 Å². The van der Waals surface area contributed by atoms with Crippen LogP contribution >= 0.6 is 0 Å². The quantitative estimate of drug-likeness (QED) is 0.600. The van der Waals surface area contributed by atoms with E-state index in [1.807, 2.05) is 6.07 Å². The van der Waals surface area contributed by atoms with Crippen LogP contribution < -0.4 is 10.6 Å². The Labute approximate surface area is 169 Å². The maximum atomic E-state index is 12.5. The van der Waals surface area contributed by atoms with Crippen molar-refractivity contribution in [1.82, 2.24) is 10.2 Å². The first kappa shape index (κ1) is 21.1. The third-order valence-electron chi connectivity index (χ3n) is 4.83. The molecule has 1 saturated carbocycles. The summed E-state index contributed by atoms with van der Waals surface area (Å²) in [6.45, 7) is -0.346. The van der Waals surface area contributed by atoms with Gasteiger partial charge in [0.15, 0.2) is 16.4 Å². The largest absolute Gasteiger partial charge is 0.456 e. The number of hydrogen-bond donors (Lipinski definition) is 2. The molecule has 9 nitrogen and oxygen atoms in total. The van der Waals surface area contributed by atoms with Gasteiger partial charge in [0.05, 0.1) is 17.9 Å². The van der Waals surface area contributed by atoms with Gasteiger partial charge in [-0.05, 0) is 31.4 Å². The lowest BCUT2D eigenvalue weighted by Gasteiger charge is -2.28. The van der Waals surface area contributed by atoms with Gasteiger partial charge in [-0.1, -0.05) is 18.2 Å². The molecular weight excluding hydrogens is 398 g/mol. The Kier molecular flexibility index (Phi) is 6.73. The van der Waals surface area contributed by atoms with Crippen LogP contribution in [0.3, 0.4) is 0 Å². The highest BCUT2D eigenvalue weighted by atomic mass is 32.2. The number of nitrogens with zero attached hydrogens (tertiary/aromatic N) is 1. The van der Waals surface area contributed by atoms with Gasteiger partial charge in [-0.25, -0.2) is 13.2 Å². The number of para-hydroxylation sites is 1. The highest BCUT2D eigenvalue weighted by Gasteiger charge is 2.42. The van der Waals surface area contributed by atoms with Gasteiger partial charge in [0, 0.05) is 24.3 Å². The van der Waals surface area contributed by atoms with E-state index >= 15 is 0 Å². The minimum absolute atomic E-state index is 0.0242. The first-order valence-corrected chi connectivity index (χ1v) is 11.4. The zero-order valence-electron chi connectivity index (χ0n) is 16.0. The fraction of sp³-hybridized carbons (Fsp3) is 0.526. The second-order valence-electron chi connectivity index (χ2n) is 7.25. The van der Waals surface area contributed by atoms with Gasteiger partial charge in [0.25, 0.3) is 5.91 Å². The molecule has 1 aliphatic heterocycles. The van der Waals surface area contributed by atoms with Gasteiger partial charge in [-0.2, -0.15) is 0 Å². The molecule has 1 aliphatic carbocycles. The van der Waals surface area contributed by atoms with E-state index in [2.05, 4.69) is 10.6 Å². The predicted molar refractivity (Wildman–Crippen MR) is 106 cm³/mol. The molecule has 2 aliphatic rings. The Hall–Kier alpha value is -2.62. The van der Waals surface area contributed by atoms with Crippen molar-refractivity contribution in [2.24, 2.45) is 0 Å². The van der Waals surface area contributed by atoms with E-state index in [-0.39, 0.29) is 42.5 Å². The number of ether oxygens (including phenoxy) is 1. The first-order valence-electron chi connectivity index (χ1n) is 9.61. The van der Waals surface area contributed by atoms with Crippen LogP contribution in [0.15, 0.2) is 30.3 Å². The zero-order chi connectivity index (χ0) is 20.9. The second-order valence-corrected chi connectivity index (χ2v) is 9.48. The average Bonchev–Trinajstić information content (AvgIpc) is 3.44. The summed E-state index contributed by atoms with van der Waals surface area (Å²) in [5.41, 5.74) is 0.632. The summed E-state index contributed by atoms with van der Waals surface area (Å²) in [7, 11) is -3.10. The lowest BCUT2D eigenvalue weighted by Crippen LogP contribution is -2.44. The van der Waals surface area contributed by atoms with Crippen LogP contribution in [0, 0.1) is 0 Å². The molecule has 0 radical (unpaired) electrons. The summed E-state index contributed by atoms with van der Waals surface area (Å²) >= 11 is 0. The maximum absolute atomic E-state index is 12.5. The van der Waals surface area contributed by atoms with E-state index in [1.165, 1.54) is 0 Å². The molecule has 2 fully saturated rings. The number of sulfone groups is 1. The third kappa shape index (κ3) is 6.45. The predicted octanol–water partition coefficient (Wildman–Crippen LogP) is 0.920. The number of rotatable bonds is 8. The molecule has 1 saturated heterocycles. The fourth-order valence-electron chi connectivity index (χ4n) is 3.32. The summed E-state index contributed by atoms with van der Waals surface area (Å²) < 4.78 is 28.4. The van der Waals surface area contributed by atoms with Crippen molar-refractivity contribution in [1.29, 1.82) is 0 Å². The Bertz CT molecular complexity index is 854. The minimum Gasteiger partial charge on any atom is -0.456 e. The van der Waals surface area contributed by atoms with E-state index in [0.29, 0.717) is 12.1 Å². The molecule has 3 amide bonds. The molecule has 3 rings (SSSR count). The zero-order valence-corrected chi connectivity index (χ0v) is 16.8. The van der Waals surface area contributed by atoms with Crippen LogP contribution in [0.1, 0.15) is 25.7 Å².